The minimum absolute atomic E-state index is 0.0159. The van der Waals surface area contributed by atoms with E-state index in [0.29, 0.717) is 13.1 Å². The minimum atomic E-state index is -3.68. The van der Waals surface area contributed by atoms with E-state index >= 15 is 0 Å². The van der Waals surface area contributed by atoms with Crippen LogP contribution in [0.4, 0.5) is 5.69 Å². The molecule has 0 aliphatic carbocycles. The zero-order valence-corrected chi connectivity index (χ0v) is 16.7. The van der Waals surface area contributed by atoms with Crippen LogP contribution in [-0.2, 0) is 14.8 Å². The second kappa shape index (κ2) is 8.62. The van der Waals surface area contributed by atoms with Gasteiger partial charge in [-0.3, -0.25) is 4.79 Å². The maximum absolute atomic E-state index is 12.8. The highest BCUT2D eigenvalue weighted by Gasteiger charge is 2.26. The second-order valence-electron chi connectivity index (χ2n) is 6.64. The van der Waals surface area contributed by atoms with E-state index in [1.807, 2.05) is 0 Å². The smallest absolute Gasteiger partial charge is 0.341 e. The molecule has 0 aromatic heterocycles. The number of carbonyl (C=O) groups excluding carboxylic acids is 2. The van der Waals surface area contributed by atoms with Crippen molar-refractivity contribution in [3.8, 4) is 5.75 Å². The Morgan fingerprint density at radius 1 is 1.07 bits per heavy atom. The quantitative estimate of drug-likeness (QED) is 0.570. The van der Waals surface area contributed by atoms with Crippen molar-refractivity contribution in [1.82, 2.24) is 4.31 Å². The van der Waals surface area contributed by atoms with Gasteiger partial charge in [-0.2, -0.15) is 4.31 Å². The van der Waals surface area contributed by atoms with Crippen molar-refractivity contribution in [2.24, 2.45) is 0 Å². The van der Waals surface area contributed by atoms with Crippen molar-refractivity contribution < 1.29 is 27.9 Å². The first kappa shape index (κ1) is 20.8. The third kappa shape index (κ3) is 4.41. The van der Waals surface area contributed by atoms with Gasteiger partial charge in [0.1, 0.15) is 5.56 Å². The van der Waals surface area contributed by atoms with Crippen LogP contribution in [0.1, 0.15) is 40.0 Å². The van der Waals surface area contributed by atoms with Gasteiger partial charge >= 0.3 is 5.97 Å². The number of esters is 1. The number of methoxy groups -OCH3 is 1. The third-order valence-corrected chi connectivity index (χ3v) is 6.63. The monoisotopic (exact) mass is 418 g/mol. The molecule has 8 nitrogen and oxygen atoms in total. The van der Waals surface area contributed by atoms with E-state index in [2.05, 4.69) is 10.1 Å². The molecule has 1 aliphatic heterocycles. The Labute approximate surface area is 169 Å². The summed E-state index contributed by atoms with van der Waals surface area (Å²) in [5, 5.41) is 12.7. The number of hydrogen-bond donors (Lipinski definition) is 2. The molecule has 2 aromatic rings. The fourth-order valence-electron chi connectivity index (χ4n) is 3.17. The summed E-state index contributed by atoms with van der Waals surface area (Å²) >= 11 is 0. The maximum Gasteiger partial charge on any atom is 0.341 e. The molecule has 0 spiro atoms. The summed E-state index contributed by atoms with van der Waals surface area (Å²) in [6.07, 6.45) is 2.63. The lowest BCUT2D eigenvalue weighted by Crippen LogP contribution is -2.35. The molecule has 1 fully saturated rings. The maximum atomic E-state index is 12.8. The zero-order chi connectivity index (χ0) is 21.0. The first-order valence-corrected chi connectivity index (χ1v) is 10.6. The van der Waals surface area contributed by atoms with E-state index < -0.39 is 27.6 Å². The molecule has 1 heterocycles. The predicted octanol–water partition coefficient (Wildman–Crippen LogP) is 2.61. The minimum Gasteiger partial charge on any atom is -0.505 e. The van der Waals surface area contributed by atoms with Crippen LogP contribution in [0, 0.1) is 0 Å². The van der Waals surface area contributed by atoms with Crippen LogP contribution in [0.2, 0.25) is 0 Å². The molecule has 2 N–H and O–H groups in total. The number of anilines is 1. The first-order chi connectivity index (χ1) is 13.8. The van der Waals surface area contributed by atoms with Crippen molar-refractivity contribution in [3.05, 3.63) is 53.6 Å². The molecule has 0 atom stereocenters. The van der Waals surface area contributed by atoms with Gasteiger partial charge in [-0.15, -0.1) is 0 Å². The molecule has 29 heavy (non-hydrogen) atoms. The molecule has 2 aromatic carbocycles. The van der Waals surface area contributed by atoms with E-state index in [9.17, 15) is 23.1 Å². The molecular weight excluding hydrogens is 396 g/mol. The molecule has 0 saturated carbocycles. The Kier molecular flexibility index (Phi) is 6.19. The number of rotatable bonds is 5. The van der Waals surface area contributed by atoms with Gasteiger partial charge in [0.15, 0.2) is 5.75 Å². The predicted molar refractivity (Wildman–Crippen MR) is 106 cm³/mol. The Bertz CT molecular complexity index is 1030. The number of benzene rings is 2. The van der Waals surface area contributed by atoms with Crippen molar-refractivity contribution in [1.29, 1.82) is 0 Å². The number of carbonyl (C=O) groups is 2. The lowest BCUT2D eigenvalue weighted by molar-refractivity contribution is 0.0597. The summed E-state index contributed by atoms with van der Waals surface area (Å²) in [6, 6.07) is 10.0. The number of sulfonamides is 1. The van der Waals surface area contributed by atoms with Crippen LogP contribution < -0.4 is 5.32 Å². The molecule has 0 unspecified atom stereocenters. The number of para-hydroxylation sites is 1. The van der Waals surface area contributed by atoms with Crippen LogP contribution in [0.15, 0.2) is 47.4 Å². The Morgan fingerprint density at radius 2 is 1.76 bits per heavy atom. The average Bonchev–Trinajstić information content (AvgIpc) is 2.75. The summed E-state index contributed by atoms with van der Waals surface area (Å²) in [4.78, 5) is 24.3. The lowest BCUT2D eigenvalue weighted by atomic mass is 10.1. The standard InChI is InChI=1S/C20H22N2O6S/c1-28-20(25)16-9-6-10-17(18(16)23)21-19(24)14-7-5-8-15(13-14)29(26,27)22-11-3-2-4-12-22/h5-10,13,23H,2-4,11-12H2,1H3,(H,21,24). The number of nitrogens with zero attached hydrogens (tertiary/aromatic N) is 1. The normalized spacial score (nSPS) is 14.9. The van der Waals surface area contributed by atoms with E-state index in [0.717, 1.165) is 19.3 Å². The number of phenols is 1. The number of phenolic OH excluding ortho intramolecular Hbond substituents is 1. The zero-order valence-electron chi connectivity index (χ0n) is 15.9. The molecule has 0 bridgehead atoms. The molecule has 1 amide bonds. The first-order valence-electron chi connectivity index (χ1n) is 9.16. The van der Waals surface area contributed by atoms with Crippen molar-refractivity contribution in [3.63, 3.8) is 0 Å². The Balaban J connectivity index is 1.84. The largest absolute Gasteiger partial charge is 0.505 e. The van der Waals surface area contributed by atoms with Gasteiger partial charge in [0.05, 0.1) is 17.7 Å². The lowest BCUT2D eigenvalue weighted by Gasteiger charge is -2.26. The fourth-order valence-corrected chi connectivity index (χ4v) is 4.73. The highest BCUT2D eigenvalue weighted by molar-refractivity contribution is 7.89. The van der Waals surface area contributed by atoms with Gasteiger partial charge in [0.25, 0.3) is 5.91 Å². The molecule has 154 valence electrons. The average molecular weight is 418 g/mol. The fraction of sp³-hybridized carbons (Fsp3) is 0.300. The number of piperidine rings is 1. The summed E-state index contributed by atoms with van der Waals surface area (Å²) in [6.45, 7) is 0.930. The number of nitrogens with one attached hydrogen (secondary N) is 1. The van der Waals surface area contributed by atoms with Gasteiger partial charge in [-0.05, 0) is 43.2 Å². The number of ether oxygens (including phenoxy) is 1. The topological polar surface area (TPSA) is 113 Å². The van der Waals surface area contributed by atoms with Crippen LogP contribution in [0.5, 0.6) is 5.75 Å². The summed E-state index contributed by atoms with van der Waals surface area (Å²) < 4.78 is 31.7. The Morgan fingerprint density at radius 3 is 2.45 bits per heavy atom. The number of amides is 1. The van der Waals surface area contributed by atoms with Crippen LogP contribution in [0.25, 0.3) is 0 Å². The molecular formula is C20H22N2O6S. The van der Waals surface area contributed by atoms with Crippen LogP contribution in [-0.4, -0.2) is 49.9 Å². The molecule has 0 radical (unpaired) electrons. The number of hydrogen-bond acceptors (Lipinski definition) is 6. The highest BCUT2D eigenvalue weighted by atomic mass is 32.2. The van der Waals surface area contributed by atoms with Crippen molar-refractivity contribution >= 4 is 27.6 Å². The van der Waals surface area contributed by atoms with E-state index in [4.69, 9.17) is 0 Å². The SMILES string of the molecule is COC(=O)c1cccc(NC(=O)c2cccc(S(=O)(=O)N3CCCCC3)c2)c1O. The summed E-state index contributed by atoms with van der Waals surface area (Å²) in [7, 11) is -2.50. The van der Waals surface area contributed by atoms with Crippen molar-refractivity contribution in [2.45, 2.75) is 24.2 Å². The van der Waals surface area contributed by atoms with Gasteiger partial charge < -0.3 is 15.2 Å². The molecule has 9 heteroatoms. The summed E-state index contributed by atoms with van der Waals surface area (Å²) in [5.41, 5.74) is 0.0415. The number of aromatic hydroxyl groups is 1. The van der Waals surface area contributed by atoms with Crippen LogP contribution in [0.3, 0.4) is 0 Å². The molecule has 1 aliphatic rings. The van der Waals surface area contributed by atoms with Gasteiger partial charge in [0, 0.05) is 18.7 Å². The Hall–Kier alpha value is -2.91. The van der Waals surface area contributed by atoms with E-state index in [1.165, 1.54) is 53.9 Å². The third-order valence-electron chi connectivity index (χ3n) is 4.74. The highest BCUT2D eigenvalue weighted by Crippen LogP contribution is 2.29. The summed E-state index contributed by atoms with van der Waals surface area (Å²) in [5.74, 6) is -1.78. The second-order valence-corrected chi connectivity index (χ2v) is 8.58. The van der Waals surface area contributed by atoms with Crippen LogP contribution >= 0.6 is 0 Å². The van der Waals surface area contributed by atoms with Gasteiger partial charge in [0.2, 0.25) is 10.0 Å². The van der Waals surface area contributed by atoms with Gasteiger partial charge in [-0.1, -0.05) is 18.6 Å². The molecule has 1 saturated heterocycles. The van der Waals surface area contributed by atoms with E-state index in [-0.39, 0.29) is 21.7 Å². The molecule has 3 rings (SSSR count). The van der Waals surface area contributed by atoms with Gasteiger partial charge in [-0.25, -0.2) is 13.2 Å². The van der Waals surface area contributed by atoms with Crippen molar-refractivity contribution in [2.75, 3.05) is 25.5 Å². The van der Waals surface area contributed by atoms with E-state index in [1.54, 1.807) is 0 Å².